The van der Waals surface area contributed by atoms with Gasteiger partial charge in [0.1, 0.15) is 0 Å². The van der Waals surface area contributed by atoms with Crippen LogP contribution in [0.5, 0.6) is 0 Å². The quantitative estimate of drug-likeness (QED) is 0.116. The molecule has 0 aliphatic heterocycles. The summed E-state index contributed by atoms with van der Waals surface area (Å²) in [5.74, 6) is 0.0158. The van der Waals surface area contributed by atoms with Gasteiger partial charge < -0.3 is 8.85 Å². The molecule has 0 saturated carbocycles. The zero-order chi connectivity index (χ0) is 23.4. The van der Waals surface area contributed by atoms with E-state index in [1.165, 1.54) is 103 Å². The van der Waals surface area contributed by atoms with Crippen molar-refractivity contribution >= 4 is 22.6 Å². The van der Waals surface area contributed by atoms with Gasteiger partial charge in [-0.3, -0.25) is 4.79 Å². The molecule has 3 nitrogen and oxygen atoms in total. The van der Waals surface area contributed by atoms with Gasteiger partial charge in [-0.15, -0.1) is 0 Å². The third-order valence-electron chi connectivity index (χ3n) is 5.48. The molecule has 0 N–H and O–H groups in total. The Morgan fingerprint density at radius 1 is 0.484 bits per heavy atom. The third kappa shape index (κ3) is 27.8. The zero-order valence-corrected chi connectivity index (χ0v) is 24.2. The number of rotatable bonds is 22. The van der Waals surface area contributed by atoms with Crippen LogP contribution in [0.25, 0.3) is 0 Å². The Kier molecular flexibility index (Phi) is 19.3. The first-order valence-electron chi connectivity index (χ1n) is 13.5. The van der Waals surface area contributed by atoms with Crippen molar-refractivity contribution in [3.8, 4) is 0 Å². The number of unbranched alkanes of at least 4 members (excludes halogenated alkanes) is 16. The van der Waals surface area contributed by atoms with Crippen LogP contribution in [0.15, 0.2) is 0 Å². The van der Waals surface area contributed by atoms with Crippen molar-refractivity contribution in [1.82, 2.24) is 0 Å². The second-order valence-corrected chi connectivity index (χ2v) is 20.2. The van der Waals surface area contributed by atoms with Gasteiger partial charge in [0.05, 0.1) is 0 Å². The highest BCUT2D eigenvalue weighted by Gasteiger charge is 2.19. The molecule has 0 fully saturated rings. The smallest absolute Gasteiger partial charge is 0.292 e. The Labute approximate surface area is 197 Å². The van der Waals surface area contributed by atoms with Gasteiger partial charge in [0.15, 0.2) is 8.32 Å². The summed E-state index contributed by atoms with van der Waals surface area (Å²) >= 11 is 0. The first kappa shape index (κ1) is 30.9. The molecule has 0 rings (SSSR count). The number of carbonyl (C=O) groups excluding carboxylic acids is 1. The van der Waals surface area contributed by atoms with E-state index >= 15 is 0 Å². The highest BCUT2D eigenvalue weighted by atomic mass is 28.4. The first-order chi connectivity index (χ1) is 14.6. The van der Waals surface area contributed by atoms with Gasteiger partial charge in [0.25, 0.3) is 5.97 Å². The second-order valence-electron chi connectivity index (χ2n) is 11.3. The Hall–Kier alpha value is -0.136. The molecule has 0 aromatic heterocycles. The van der Waals surface area contributed by atoms with Crippen LogP contribution in [-0.2, 0) is 13.6 Å². The van der Waals surface area contributed by atoms with E-state index in [-0.39, 0.29) is 5.97 Å². The predicted octanol–water partition coefficient (Wildman–Crippen LogP) is 9.24. The molecule has 0 aromatic rings. The molecule has 0 saturated heterocycles. The standard InChI is InChI=1S/C26H56O3Si2/c1-30(2,3)28-25-23-21-19-17-15-13-11-9-7-8-10-12-14-16-18-20-22-24-26(27)29-31(4,5)6/h7-25H2,1-6H3. The van der Waals surface area contributed by atoms with Gasteiger partial charge in [0, 0.05) is 13.0 Å². The van der Waals surface area contributed by atoms with Crippen molar-refractivity contribution in [1.29, 1.82) is 0 Å². The summed E-state index contributed by atoms with van der Waals surface area (Å²) in [4.78, 5) is 11.7. The fraction of sp³-hybridized carbons (Fsp3) is 0.962. The van der Waals surface area contributed by atoms with Gasteiger partial charge in [-0.05, 0) is 52.1 Å². The van der Waals surface area contributed by atoms with Gasteiger partial charge in [-0.1, -0.05) is 96.3 Å². The summed E-state index contributed by atoms with van der Waals surface area (Å²) < 4.78 is 11.4. The fourth-order valence-electron chi connectivity index (χ4n) is 3.79. The van der Waals surface area contributed by atoms with Gasteiger partial charge in [-0.25, -0.2) is 0 Å². The van der Waals surface area contributed by atoms with Gasteiger partial charge >= 0.3 is 0 Å². The maximum Gasteiger partial charge on any atom is 0.292 e. The van der Waals surface area contributed by atoms with Crippen LogP contribution in [0.4, 0.5) is 0 Å². The molecule has 0 atom stereocenters. The first-order valence-corrected chi connectivity index (χ1v) is 20.3. The Balaban J connectivity index is 3.15. The summed E-state index contributed by atoms with van der Waals surface area (Å²) in [6, 6.07) is 0. The third-order valence-corrected chi connectivity index (χ3v) is 7.39. The Morgan fingerprint density at radius 3 is 1.13 bits per heavy atom. The molecule has 0 aliphatic rings. The van der Waals surface area contributed by atoms with E-state index in [0.29, 0.717) is 6.42 Å². The lowest BCUT2D eigenvalue weighted by atomic mass is 10.0. The molecule has 0 spiro atoms. The summed E-state index contributed by atoms with van der Waals surface area (Å²) in [6.07, 6.45) is 23.5. The largest absolute Gasteiger partial charge is 0.520 e. The van der Waals surface area contributed by atoms with Crippen LogP contribution in [0.3, 0.4) is 0 Å². The molecule has 0 aromatic carbocycles. The molecule has 31 heavy (non-hydrogen) atoms. The maximum absolute atomic E-state index is 11.7. The molecule has 0 amide bonds. The van der Waals surface area contributed by atoms with Crippen LogP contribution in [0, 0.1) is 0 Å². The van der Waals surface area contributed by atoms with Crippen LogP contribution >= 0.6 is 0 Å². The normalized spacial score (nSPS) is 12.3. The highest BCUT2D eigenvalue weighted by Crippen LogP contribution is 2.15. The minimum atomic E-state index is -1.69. The minimum Gasteiger partial charge on any atom is -0.520 e. The van der Waals surface area contributed by atoms with E-state index < -0.39 is 16.6 Å². The van der Waals surface area contributed by atoms with E-state index in [9.17, 15) is 4.79 Å². The lowest BCUT2D eigenvalue weighted by Gasteiger charge is -2.17. The molecule has 0 aliphatic carbocycles. The lowest BCUT2D eigenvalue weighted by Crippen LogP contribution is -2.28. The van der Waals surface area contributed by atoms with E-state index in [2.05, 4.69) is 39.3 Å². The topological polar surface area (TPSA) is 35.5 Å². The second kappa shape index (κ2) is 19.3. The molecule has 5 heteroatoms. The number of hydrogen-bond acceptors (Lipinski definition) is 3. The maximum atomic E-state index is 11.7. The van der Waals surface area contributed by atoms with E-state index in [1.54, 1.807) is 0 Å². The van der Waals surface area contributed by atoms with E-state index in [0.717, 1.165) is 13.0 Å². The fourth-order valence-corrected chi connectivity index (χ4v) is 5.34. The van der Waals surface area contributed by atoms with Crippen LogP contribution in [-0.4, -0.2) is 29.2 Å². The summed E-state index contributed by atoms with van der Waals surface area (Å²) in [7, 11) is -2.98. The van der Waals surface area contributed by atoms with Crippen LogP contribution in [0.1, 0.15) is 116 Å². The average Bonchev–Trinajstić information content (AvgIpc) is 2.64. The highest BCUT2D eigenvalue weighted by molar-refractivity contribution is 6.71. The summed E-state index contributed by atoms with van der Waals surface area (Å²) in [5.41, 5.74) is 0. The van der Waals surface area contributed by atoms with Crippen molar-refractivity contribution < 1.29 is 13.6 Å². The molecule has 0 heterocycles. The number of carbonyl (C=O) groups is 1. The predicted molar refractivity (Wildman–Crippen MR) is 142 cm³/mol. The summed E-state index contributed by atoms with van der Waals surface area (Å²) in [6.45, 7) is 14.0. The van der Waals surface area contributed by atoms with Crippen molar-refractivity contribution in [2.45, 2.75) is 155 Å². The summed E-state index contributed by atoms with van der Waals surface area (Å²) in [5, 5.41) is 0. The molecule has 0 bridgehead atoms. The lowest BCUT2D eigenvalue weighted by molar-refractivity contribution is -0.135. The Morgan fingerprint density at radius 2 is 0.806 bits per heavy atom. The molecule has 186 valence electrons. The van der Waals surface area contributed by atoms with Crippen molar-refractivity contribution in [3.63, 3.8) is 0 Å². The molecular formula is C26H56O3Si2. The van der Waals surface area contributed by atoms with Crippen molar-refractivity contribution in [2.75, 3.05) is 6.61 Å². The minimum absolute atomic E-state index is 0.0158. The Bertz CT molecular complexity index is 414. The number of hydrogen-bond donors (Lipinski definition) is 0. The van der Waals surface area contributed by atoms with Crippen molar-refractivity contribution in [2.24, 2.45) is 0 Å². The molecule has 0 unspecified atom stereocenters. The van der Waals surface area contributed by atoms with Crippen LogP contribution < -0.4 is 0 Å². The van der Waals surface area contributed by atoms with Gasteiger partial charge in [0.2, 0.25) is 8.32 Å². The SMILES string of the molecule is C[Si](C)(C)OCCCCCCCCCCCCCCCCCCCC(=O)O[Si](C)(C)C. The van der Waals surface area contributed by atoms with Gasteiger partial charge in [-0.2, -0.15) is 0 Å². The van der Waals surface area contributed by atoms with Crippen LogP contribution in [0.2, 0.25) is 39.3 Å². The van der Waals surface area contributed by atoms with E-state index in [4.69, 9.17) is 8.85 Å². The molecule has 0 radical (unpaired) electrons. The zero-order valence-electron chi connectivity index (χ0n) is 22.2. The average molecular weight is 473 g/mol. The van der Waals surface area contributed by atoms with Crippen molar-refractivity contribution in [3.05, 3.63) is 0 Å². The monoisotopic (exact) mass is 472 g/mol. The van der Waals surface area contributed by atoms with E-state index in [1.807, 2.05) is 0 Å². The molecular weight excluding hydrogens is 416 g/mol.